The van der Waals surface area contributed by atoms with E-state index in [2.05, 4.69) is 53.3 Å². The zero-order valence-electron chi connectivity index (χ0n) is 12.7. The largest absolute Gasteiger partial charge is 0.496 e. The van der Waals surface area contributed by atoms with Gasteiger partial charge in [-0.15, -0.1) is 0 Å². The molecular weight excluding hydrogens is 260 g/mol. The summed E-state index contributed by atoms with van der Waals surface area (Å²) >= 11 is 0. The molecule has 0 bridgehead atoms. The first kappa shape index (κ1) is 13.7. The second-order valence-corrected chi connectivity index (χ2v) is 5.25. The number of benzene rings is 1. The Hall–Kier alpha value is -2.26. The molecule has 108 valence electrons. The summed E-state index contributed by atoms with van der Waals surface area (Å²) in [6.45, 7) is 2.93. The highest BCUT2D eigenvalue weighted by atomic mass is 16.5. The molecule has 0 aliphatic heterocycles. The Morgan fingerprint density at radius 3 is 2.76 bits per heavy atom. The molecule has 0 radical (unpaired) electrons. The van der Waals surface area contributed by atoms with Crippen molar-refractivity contribution in [3.8, 4) is 16.9 Å². The zero-order chi connectivity index (χ0) is 14.8. The number of nitrogens with zero attached hydrogens (tertiary/aromatic N) is 1. The Morgan fingerprint density at radius 1 is 1.14 bits per heavy atom. The van der Waals surface area contributed by atoms with Crippen LogP contribution in [0, 0.1) is 6.92 Å². The molecule has 0 unspecified atom stereocenters. The first-order valence-corrected chi connectivity index (χ1v) is 7.12. The Balaban J connectivity index is 2.29. The van der Waals surface area contributed by atoms with Gasteiger partial charge in [0.05, 0.1) is 12.6 Å². The molecule has 3 heteroatoms. The number of rotatable bonds is 4. The number of aromatic nitrogens is 1. The maximum absolute atomic E-state index is 5.55. The third kappa shape index (κ3) is 2.41. The molecule has 0 aliphatic carbocycles. The van der Waals surface area contributed by atoms with Gasteiger partial charge in [0.1, 0.15) is 5.75 Å². The molecule has 3 nitrogen and oxygen atoms in total. The van der Waals surface area contributed by atoms with Crippen LogP contribution in [0.15, 0.2) is 48.8 Å². The first-order chi connectivity index (χ1) is 10.2. The van der Waals surface area contributed by atoms with Gasteiger partial charge in [-0.3, -0.25) is 0 Å². The van der Waals surface area contributed by atoms with E-state index in [0.29, 0.717) is 0 Å². The van der Waals surface area contributed by atoms with E-state index in [1.165, 1.54) is 22.2 Å². The second-order valence-electron chi connectivity index (χ2n) is 5.25. The summed E-state index contributed by atoms with van der Waals surface area (Å²) in [4.78, 5) is 0. The van der Waals surface area contributed by atoms with Gasteiger partial charge < -0.3 is 14.5 Å². The standard InChI is InChI=1S/C18H20N2O/c1-13-7-8-18(21-3)14(10-13)16-12-20-9-5-4-6-17(20)15(16)11-19-2/h4-10,12,19H,11H2,1-3H3. The van der Waals surface area contributed by atoms with Crippen LogP contribution >= 0.6 is 0 Å². The lowest BCUT2D eigenvalue weighted by Gasteiger charge is -2.10. The van der Waals surface area contributed by atoms with Crippen molar-refractivity contribution < 1.29 is 4.74 Å². The highest BCUT2D eigenvalue weighted by Crippen LogP contribution is 2.35. The number of hydrogen-bond acceptors (Lipinski definition) is 2. The van der Waals surface area contributed by atoms with Gasteiger partial charge in [-0.1, -0.05) is 17.7 Å². The van der Waals surface area contributed by atoms with Crippen molar-refractivity contribution in [2.75, 3.05) is 14.2 Å². The lowest BCUT2D eigenvalue weighted by Crippen LogP contribution is -2.05. The van der Waals surface area contributed by atoms with Crippen LogP contribution in [0.25, 0.3) is 16.6 Å². The van der Waals surface area contributed by atoms with Crippen LogP contribution in [0.1, 0.15) is 11.1 Å². The summed E-state index contributed by atoms with van der Waals surface area (Å²) in [5.74, 6) is 0.911. The fraction of sp³-hybridized carbons (Fsp3) is 0.222. The summed E-state index contributed by atoms with van der Waals surface area (Å²) in [5.41, 5.74) is 6.12. The number of pyridine rings is 1. The number of nitrogens with one attached hydrogen (secondary N) is 1. The van der Waals surface area contributed by atoms with E-state index in [-0.39, 0.29) is 0 Å². The minimum absolute atomic E-state index is 0.826. The Kier molecular flexibility index (Phi) is 3.67. The molecule has 1 N–H and O–H groups in total. The molecule has 0 fully saturated rings. The smallest absolute Gasteiger partial charge is 0.126 e. The molecule has 0 spiro atoms. The minimum atomic E-state index is 0.826. The van der Waals surface area contributed by atoms with Crippen molar-refractivity contribution in [3.05, 3.63) is 59.9 Å². The third-order valence-corrected chi connectivity index (χ3v) is 3.79. The summed E-state index contributed by atoms with van der Waals surface area (Å²) in [6, 6.07) is 12.6. The molecule has 3 rings (SSSR count). The average Bonchev–Trinajstić information content (AvgIpc) is 2.86. The van der Waals surface area contributed by atoms with Gasteiger partial charge in [-0.05, 0) is 43.8 Å². The van der Waals surface area contributed by atoms with Crippen LogP contribution in [0.3, 0.4) is 0 Å². The van der Waals surface area contributed by atoms with Crippen molar-refractivity contribution in [2.24, 2.45) is 0 Å². The van der Waals surface area contributed by atoms with Crippen LogP contribution in [0.5, 0.6) is 5.75 Å². The van der Waals surface area contributed by atoms with E-state index < -0.39 is 0 Å². The van der Waals surface area contributed by atoms with Gasteiger partial charge in [0.2, 0.25) is 0 Å². The summed E-state index contributed by atoms with van der Waals surface area (Å²) in [6.07, 6.45) is 4.26. The third-order valence-electron chi connectivity index (χ3n) is 3.79. The molecule has 0 atom stereocenters. The second kappa shape index (κ2) is 5.62. The quantitative estimate of drug-likeness (QED) is 0.789. The monoisotopic (exact) mass is 280 g/mol. The zero-order valence-corrected chi connectivity index (χ0v) is 12.7. The predicted octanol–water partition coefficient (Wildman–Crippen LogP) is 3.64. The summed E-state index contributed by atoms with van der Waals surface area (Å²) < 4.78 is 7.72. The molecule has 2 aromatic heterocycles. The fourth-order valence-corrected chi connectivity index (χ4v) is 2.81. The maximum Gasteiger partial charge on any atom is 0.126 e. The summed E-state index contributed by atoms with van der Waals surface area (Å²) in [7, 11) is 3.70. The molecule has 0 saturated carbocycles. The van der Waals surface area contributed by atoms with Crippen LogP contribution in [0.4, 0.5) is 0 Å². The van der Waals surface area contributed by atoms with Crippen molar-refractivity contribution in [2.45, 2.75) is 13.5 Å². The fourth-order valence-electron chi connectivity index (χ4n) is 2.81. The lowest BCUT2D eigenvalue weighted by molar-refractivity contribution is 0.416. The SMILES string of the molecule is CNCc1c(-c2cc(C)ccc2OC)cn2ccccc12. The van der Waals surface area contributed by atoms with Gasteiger partial charge in [-0.2, -0.15) is 0 Å². The van der Waals surface area contributed by atoms with E-state index >= 15 is 0 Å². The maximum atomic E-state index is 5.55. The number of ether oxygens (including phenoxy) is 1. The van der Waals surface area contributed by atoms with Crippen molar-refractivity contribution >= 4 is 5.52 Å². The van der Waals surface area contributed by atoms with Crippen molar-refractivity contribution in [1.82, 2.24) is 9.72 Å². The topological polar surface area (TPSA) is 25.7 Å². The Bertz CT molecular complexity index is 774. The van der Waals surface area contributed by atoms with Crippen LogP contribution in [-0.2, 0) is 6.54 Å². The van der Waals surface area contributed by atoms with Crippen molar-refractivity contribution in [3.63, 3.8) is 0 Å². The van der Waals surface area contributed by atoms with Gasteiger partial charge in [0.15, 0.2) is 0 Å². The van der Waals surface area contributed by atoms with Crippen LogP contribution in [-0.4, -0.2) is 18.6 Å². The molecule has 1 aromatic carbocycles. The molecule has 0 aliphatic rings. The normalized spacial score (nSPS) is 11.0. The Labute approximate surface area is 125 Å². The first-order valence-electron chi connectivity index (χ1n) is 7.12. The number of aryl methyl sites for hydroxylation is 1. The summed E-state index contributed by atoms with van der Waals surface area (Å²) in [5, 5.41) is 3.27. The number of fused-ring (bicyclic) bond motifs is 1. The predicted molar refractivity (Wildman–Crippen MR) is 86.9 cm³/mol. The van der Waals surface area contributed by atoms with E-state index in [9.17, 15) is 0 Å². The lowest BCUT2D eigenvalue weighted by atomic mass is 10.0. The van der Waals surface area contributed by atoms with Gasteiger partial charge in [-0.25, -0.2) is 0 Å². The molecule has 2 heterocycles. The highest BCUT2D eigenvalue weighted by Gasteiger charge is 2.15. The van der Waals surface area contributed by atoms with Gasteiger partial charge >= 0.3 is 0 Å². The highest BCUT2D eigenvalue weighted by molar-refractivity contribution is 5.80. The van der Waals surface area contributed by atoms with E-state index in [4.69, 9.17) is 4.74 Å². The van der Waals surface area contributed by atoms with E-state index in [1.807, 2.05) is 19.2 Å². The van der Waals surface area contributed by atoms with Crippen molar-refractivity contribution in [1.29, 1.82) is 0 Å². The molecule has 3 aromatic rings. The van der Waals surface area contributed by atoms with Gasteiger partial charge in [0.25, 0.3) is 0 Å². The average molecular weight is 280 g/mol. The molecule has 0 saturated heterocycles. The molecular formula is C18H20N2O. The number of hydrogen-bond donors (Lipinski definition) is 1. The van der Waals surface area contributed by atoms with Crippen LogP contribution < -0.4 is 10.1 Å². The van der Waals surface area contributed by atoms with Gasteiger partial charge in [0, 0.05) is 30.1 Å². The van der Waals surface area contributed by atoms with E-state index in [0.717, 1.165) is 17.9 Å². The van der Waals surface area contributed by atoms with E-state index in [1.54, 1.807) is 7.11 Å². The number of methoxy groups -OCH3 is 1. The molecule has 0 amide bonds. The molecule has 21 heavy (non-hydrogen) atoms. The minimum Gasteiger partial charge on any atom is -0.496 e. The van der Waals surface area contributed by atoms with Crippen LogP contribution in [0.2, 0.25) is 0 Å². The Morgan fingerprint density at radius 2 is 2.00 bits per heavy atom.